The van der Waals surface area contributed by atoms with E-state index in [1.807, 2.05) is 0 Å². The molecule has 1 aromatic heterocycles. The molecule has 2 heterocycles. The van der Waals surface area contributed by atoms with E-state index < -0.39 is 16.3 Å². The predicted molar refractivity (Wildman–Crippen MR) is 55.2 cm³/mol. The van der Waals surface area contributed by atoms with Gasteiger partial charge in [0.25, 0.3) is 0 Å². The van der Waals surface area contributed by atoms with Crippen molar-refractivity contribution in [3.63, 3.8) is 0 Å². The zero-order chi connectivity index (χ0) is 10.9. The van der Waals surface area contributed by atoms with E-state index in [-0.39, 0.29) is 4.21 Å². The summed E-state index contributed by atoms with van der Waals surface area (Å²) in [7, 11) is -2.03. The van der Waals surface area contributed by atoms with E-state index in [4.69, 9.17) is 9.47 Å². The summed E-state index contributed by atoms with van der Waals surface area (Å²) >= 11 is 1.16. The fraction of sp³-hybridized carbons (Fsp3) is 0.500. The maximum absolute atomic E-state index is 11.6. The molecule has 1 aliphatic rings. The van der Waals surface area contributed by atoms with Gasteiger partial charge in [0.15, 0.2) is 6.29 Å². The van der Waals surface area contributed by atoms with Gasteiger partial charge in [-0.15, -0.1) is 11.3 Å². The molecule has 0 atom stereocenters. The van der Waals surface area contributed by atoms with Crippen LogP contribution in [0, 0.1) is 0 Å². The van der Waals surface area contributed by atoms with Crippen LogP contribution in [0.15, 0.2) is 15.7 Å². The Morgan fingerprint density at radius 2 is 2.13 bits per heavy atom. The quantitative estimate of drug-likeness (QED) is 0.856. The van der Waals surface area contributed by atoms with E-state index in [9.17, 15) is 8.42 Å². The van der Waals surface area contributed by atoms with E-state index in [1.165, 1.54) is 7.05 Å². The largest absolute Gasteiger partial charge is 0.346 e. The first-order chi connectivity index (χ1) is 7.15. The first-order valence-corrected chi connectivity index (χ1v) is 6.75. The second-order valence-corrected chi connectivity index (χ2v) is 5.94. The molecule has 1 saturated heterocycles. The van der Waals surface area contributed by atoms with Crippen LogP contribution >= 0.6 is 11.3 Å². The number of thiophene rings is 1. The summed E-state index contributed by atoms with van der Waals surface area (Å²) in [5, 5.41) is 1.71. The second-order valence-electron chi connectivity index (χ2n) is 2.94. The van der Waals surface area contributed by atoms with E-state index in [0.717, 1.165) is 11.3 Å². The van der Waals surface area contributed by atoms with Gasteiger partial charge in [0.2, 0.25) is 10.0 Å². The molecule has 0 radical (unpaired) electrons. The monoisotopic (exact) mass is 249 g/mol. The predicted octanol–water partition coefficient (Wildman–Crippen LogP) is 0.702. The lowest BCUT2D eigenvalue weighted by Crippen LogP contribution is -2.19. The second kappa shape index (κ2) is 4.18. The highest BCUT2D eigenvalue weighted by molar-refractivity contribution is 7.91. The van der Waals surface area contributed by atoms with Gasteiger partial charge in [-0.3, -0.25) is 0 Å². The Labute approximate surface area is 92.1 Å². The minimum absolute atomic E-state index is 0.261. The van der Waals surface area contributed by atoms with E-state index in [2.05, 4.69) is 4.72 Å². The molecule has 0 spiro atoms. The van der Waals surface area contributed by atoms with Crippen molar-refractivity contribution >= 4 is 21.4 Å². The molecule has 0 bridgehead atoms. The van der Waals surface area contributed by atoms with Gasteiger partial charge in [-0.2, -0.15) is 0 Å². The van der Waals surface area contributed by atoms with Crippen molar-refractivity contribution in [2.45, 2.75) is 10.5 Å². The lowest BCUT2D eigenvalue weighted by Gasteiger charge is -2.09. The molecule has 1 fully saturated rings. The maximum atomic E-state index is 11.6. The Bertz CT molecular complexity index is 433. The molecule has 1 aliphatic heterocycles. The SMILES string of the molecule is CNS(=O)(=O)c1sccc1C1OCCO1. The van der Waals surface area contributed by atoms with Crippen LogP contribution in [0.5, 0.6) is 0 Å². The van der Waals surface area contributed by atoms with Gasteiger partial charge in [0.05, 0.1) is 13.2 Å². The molecule has 15 heavy (non-hydrogen) atoms. The van der Waals surface area contributed by atoms with Crippen molar-refractivity contribution < 1.29 is 17.9 Å². The first kappa shape index (κ1) is 11.0. The van der Waals surface area contributed by atoms with Crippen LogP contribution in [0.4, 0.5) is 0 Å². The molecule has 5 nitrogen and oxygen atoms in total. The van der Waals surface area contributed by atoms with Crippen LogP contribution in [0.1, 0.15) is 11.9 Å². The molecule has 0 aliphatic carbocycles. The van der Waals surface area contributed by atoms with Crippen molar-refractivity contribution in [3.8, 4) is 0 Å². The van der Waals surface area contributed by atoms with Crippen LogP contribution in [-0.4, -0.2) is 28.7 Å². The zero-order valence-corrected chi connectivity index (χ0v) is 9.73. The highest BCUT2D eigenvalue weighted by Crippen LogP contribution is 2.32. The lowest BCUT2D eigenvalue weighted by molar-refractivity contribution is -0.0456. The summed E-state index contributed by atoms with van der Waals surface area (Å²) in [6, 6.07) is 1.71. The molecule has 1 aromatic rings. The van der Waals surface area contributed by atoms with Crippen molar-refractivity contribution in [1.29, 1.82) is 0 Å². The van der Waals surface area contributed by atoms with Crippen molar-refractivity contribution in [2.75, 3.05) is 20.3 Å². The number of ether oxygens (including phenoxy) is 2. The highest BCUT2D eigenvalue weighted by atomic mass is 32.2. The number of nitrogens with one attached hydrogen (secondary N) is 1. The van der Waals surface area contributed by atoms with Crippen LogP contribution in [0.25, 0.3) is 0 Å². The summed E-state index contributed by atoms with van der Waals surface area (Å²) < 4.78 is 36.3. The third kappa shape index (κ3) is 2.06. The van der Waals surface area contributed by atoms with Crippen molar-refractivity contribution in [3.05, 3.63) is 17.0 Å². The van der Waals surface area contributed by atoms with Gasteiger partial charge in [-0.05, 0) is 18.5 Å². The van der Waals surface area contributed by atoms with Gasteiger partial charge in [0, 0.05) is 5.56 Å². The topological polar surface area (TPSA) is 64.6 Å². The standard InChI is InChI=1S/C8H11NO4S2/c1-9-15(10,11)8-6(2-5-14-8)7-12-3-4-13-7/h2,5,7,9H,3-4H2,1H3. The van der Waals surface area contributed by atoms with Crippen LogP contribution in [-0.2, 0) is 19.5 Å². The van der Waals surface area contributed by atoms with E-state index in [0.29, 0.717) is 18.8 Å². The van der Waals surface area contributed by atoms with Crippen LogP contribution in [0.3, 0.4) is 0 Å². The molecule has 1 N–H and O–H groups in total. The van der Waals surface area contributed by atoms with Gasteiger partial charge >= 0.3 is 0 Å². The average Bonchev–Trinajstić information content (AvgIpc) is 2.87. The maximum Gasteiger partial charge on any atom is 0.250 e. The van der Waals surface area contributed by atoms with Gasteiger partial charge in [-0.1, -0.05) is 0 Å². The molecule has 0 amide bonds. The molecular weight excluding hydrogens is 238 g/mol. The summed E-state index contributed by atoms with van der Waals surface area (Å²) in [6.07, 6.45) is -0.547. The Balaban J connectivity index is 2.37. The van der Waals surface area contributed by atoms with Gasteiger partial charge in [-0.25, -0.2) is 13.1 Å². The van der Waals surface area contributed by atoms with E-state index >= 15 is 0 Å². The van der Waals surface area contributed by atoms with Crippen LogP contribution in [0.2, 0.25) is 0 Å². The van der Waals surface area contributed by atoms with Gasteiger partial charge < -0.3 is 9.47 Å². The molecule has 84 valence electrons. The number of rotatable bonds is 3. The summed E-state index contributed by atoms with van der Waals surface area (Å²) in [6.45, 7) is 0.999. The lowest BCUT2D eigenvalue weighted by atomic mass is 10.3. The summed E-state index contributed by atoms with van der Waals surface area (Å²) in [4.78, 5) is 0. The molecule has 0 saturated carbocycles. The fourth-order valence-corrected chi connectivity index (χ4v) is 3.55. The Kier molecular flexibility index (Phi) is 3.08. The number of sulfonamides is 1. The van der Waals surface area contributed by atoms with Crippen molar-refractivity contribution in [2.24, 2.45) is 0 Å². The Hall–Kier alpha value is -0.470. The molecule has 7 heteroatoms. The minimum Gasteiger partial charge on any atom is -0.346 e. The Morgan fingerprint density at radius 3 is 2.73 bits per heavy atom. The molecule has 0 aromatic carbocycles. The zero-order valence-electron chi connectivity index (χ0n) is 8.10. The number of hydrogen-bond acceptors (Lipinski definition) is 5. The normalized spacial score (nSPS) is 18.5. The Morgan fingerprint density at radius 1 is 1.47 bits per heavy atom. The third-order valence-electron chi connectivity index (χ3n) is 2.05. The summed E-state index contributed by atoms with van der Waals surface area (Å²) in [5.41, 5.74) is 0.576. The summed E-state index contributed by atoms with van der Waals surface area (Å²) in [5.74, 6) is 0. The average molecular weight is 249 g/mol. The minimum atomic E-state index is -3.41. The fourth-order valence-electron chi connectivity index (χ4n) is 1.33. The first-order valence-electron chi connectivity index (χ1n) is 4.39. The third-order valence-corrected chi connectivity index (χ3v) is 4.98. The number of hydrogen-bond donors (Lipinski definition) is 1. The smallest absolute Gasteiger partial charge is 0.250 e. The van der Waals surface area contributed by atoms with E-state index in [1.54, 1.807) is 11.4 Å². The van der Waals surface area contributed by atoms with Crippen LogP contribution < -0.4 is 4.72 Å². The van der Waals surface area contributed by atoms with Gasteiger partial charge in [0.1, 0.15) is 4.21 Å². The molecular formula is C8H11NO4S2. The highest BCUT2D eigenvalue weighted by Gasteiger charge is 2.27. The van der Waals surface area contributed by atoms with Crippen molar-refractivity contribution in [1.82, 2.24) is 4.72 Å². The molecule has 2 rings (SSSR count). The molecule has 0 unspecified atom stereocenters.